The van der Waals surface area contributed by atoms with Gasteiger partial charge in [-0.05, 0) is 0 Å². The molecule has 1 heterocycles. The van der Waals surface area contributed by atoms with Crippen LogP contribution in [0.3, 0.4) is 0 Å². The fraction of sp³-hybridized carbons (Fsp3) is 0.750. The van der Waals surface area contributed by atoms with Crippen LogP contribution in [0.2, 0.25) is 0 Å². The molecule has 0 bridgehead atoms. The average Bonchev–Trinajstić information content (AvgIpc) is 2.42. The molecule has 0 saturated carbocycles. The Bertz CT molecular complexity index is 358. The maximum atomic E-state index is 11.7. The molecule has 1 atom stereocenters. The molecular formula is C12H18N4O2. The lowest BCUT2D eigenvalue weighted by atomic mass is 10.1. The fourth-order valence-electron chi connectivity index (χ4n) is 2.11. The van der Waals surface area contributed by atoms with Gasteiger partial charge < -0.3 is 4.74 Å². The number of rotatable bonds is 5. The molecule has 1 fully saturated rings. The number of hydrogen-bond donors (Lipinski definition) is 0. The molecule has 0 aromatic carbocycles. The first-order valence-electron chi connectivity index (χ1n) is 6.01. The molecule has 6 nitrogen and oxygen atoms in total. The number of hydrogen-bond acceptors (Lipinski definition) is 6. The third-order valence-corrected chi connectivity index (χ3v) is 3.10. The third-order valence-electron chi connectivity index (χ3n) is 3.10. The Kier molecular flexibility index (Phi) is 6.13. The maximum Gasteiger partial charge on any atom is 0.324 e. The van der Waals surface area contributed by atoms with Crippen molar-refractivity contribution in [2.45, 2.75) is 18.9 Å². The number of piperazine rings is 1. The summed E-state index contributed by atoms with van der Waals surface area (Å²) in [5, 5.41) is 17.2. The third kappa shape index (κ3) is 3.99. The molecule has 0 amide bonds. The van der Waals surface area contributed by atoms with E-state index < -0.39 is 0 Å². The Morgan fingerprint density at radius 3 is 2.56 bits per heavy atom. The quantitative estimate of drug-likeness (QED) is 0.638. The lowest BCUT2D eigenvalue weighted by molar-refractivity contribution is -0.149. The standard InChI is InChI=1S/C12H18N4O2/c1-18-12(17)11-10-15(6-2-4-13)8-9-16(11)7-3-5-14/h11H,2-3,6-10H2,1H3. The minimum absolute atomic E-state index is 0.269. The van der Waals surface area contributed by atoms with Crippen LogP contribution in [0.4, 0.5) is 0 Å². The molecule has 0 aliphatic carbocycles. The van der Waals surface area contributed by atoms with E-state index in [4.69, 9.17) is 15.3 Å². The molecule has 0 aromatic heterocycles. The maximum absolute atomic E-state index is 11.7. The Hall–Kier alpha value is -1.63. The molecule has 18 heavy (non-hydrogen) atoms. The highest BCUT2D eigenvalue weighted by Gasteiger charge is 2.32. The van der Waals surface area contributed by atoms with E-state index in [2.05, 4.69) is 17.0 Å². The second kappa shape index (κ2) is 7.65. The van der Waals surface area contributed by atoms with Crippen LogP contribution in [0, 0.1) is 22.7 Å². The Morgan fingerprint density at radius 1 is 1.28 bits per heavy atom. The summed E-state index contributed by atoms with van der Waals surface area (Å²) in [7, 11) is 1.37. The predicted molar refractivity (Wildman–Crippen MR) is 64.3 cm³/mol. The zero-order chi connectivity index (χ0) is 13.4. The SMILES string of the molecule is COC(=O)C1CN(CCC#N)CCN1CCC#N. The Balaban J connectivity index is 2.59. The normalized spacial score (nSPS) is 20.9. The molecule has 1 rings (SSSR count). The molecule has 0 aromatic rings. The fourth-order valence-corrected chi connectivity index (χ4v) is 2.11. The van der Waals surface area contributed by atoms with Crippen molar-refractivity contribution in [3.63, 3.8) is 0 Å². The van der Waals surface area contributed by atoms with Crippen LogP contribution in [-0.2, 0) is 9.53 Å². The van der Waals surface area contributed by atoms with Crippen molar-refractivity contribution in [2.75, 3.05) is 39.8 Å². The van der Waals surface area contributed by atoms with Gasteiger partial charge in [-0.3, -0.25) is 14.6 Å². The molecule has 0 spiro atoms. The van der Waals surface area contributed by atoms with Gasteiger partial charge in [-0.2, -0.15) is 10.5 Å². The number of nitrogens with zero attached hydrogens (tertiary/aromatic N) is 4. The van der Waals surface area contributed by atoms with Gasteiger partial charge in [0.2, 0.25) is 0 Å². The largest absolute Gasteiger partial charge is 0.468 e. The first-order valence-corrected chi connectivity index (χ1v) is 6.01. The summed E-state index contributed by atoms with van der Waals surface area (Å²) in [4.78, 5) is 15.8. The molecule has 6 heteroatoms. The molecule has 1 aliphatic heterocycles. The van der Waals surface area contributed by atoms with E-state index in [1.54, 1.807) is 0 Å². The van der Waals surface area contributed by atoms with Crippen molar-refractivity contribution in [1.29, 1.82) is 10.5 Å². The van der Waals surface area contributed by atoms with Crippen molar-refractivity contribution in [3.8, 4) is 12.1 Å². The van der Waals surface area contributed by atoms with Crippen molar-refractivity contribution in [1.82, 2.24) is 9.80 Å². The van der Waals surface area contributed by atoms with Crippen LogP contribution < -0.4 is 0 Å². The number of carbonyl (C=O) groups excluding carboxylic acids is 1. The van der Waals surface area contributed by atoms with Crippen molar-refractivity contribution in [3.05, 3.63) is 0 Å². The van der Waals surface area contributed by atoms with Gasteiger partial charge in [0.05, 0.1) is 19.2 Å². The topological polar surface area (TPSA) is 80.4 Å². The first-order chi connectivity index (χ1) is 8.72. The highest BCUT2D eigenvalue weighted by atomic mass is 16.5. The van der Waals surface area contributed by atoms with Crippen LogP contribution in [0.15, 0.2) is 0 Å². The van der Waals surface area contributed by atoms with E-state index in [9.17, 15) is 4.79 Å². The van der Waals surface area contributed by atoms with Gasteiger partial charge in [0, 0.05) is 45.6 Å². The minimum Gasteiger partial charge on any atom is -0.468 e. The van der Waals surface area contributed by atoms with Crippen LogP contribution >= 0.6 is 0 Å². The summed E-state index contributed by atoms with van der Waals surface area (Å²) >= 11 is 0. The zero-order valence-electron chi connectivity index (χ0n) is 10.6. The van der Waals surface area contributed by atoms with E-state index in [0.29, 0.717) is 32.5 Å². The van der Waals surface area contributed by atoms with Crippen LogP contribution in [0.1, 0.15) is 12.8 Å². The Morgan fingerprint density at radius 2 is 1.94 bits per heavy atom. The smallest absolute Gasteiger partial charge is 0.324 e. The summed E-state index contributed by atoms with van der Waals surface area (Å²) in [6.45, 7) is 3.38. The van der Waals surface area contributed by atoms with Crippen molar-refractivity contribution >= 4 is 5.97 Å². The molecule has 0 radical (unpaired) electrons. The number of carbonyl (C=O) groups is 1. The van der Waals surface area contributed by atoms with Crippen molar-refractivity contribution < 1.29 is 9.53 Å². The van der Waals surface area contributed by atoms with E-state index in [1.807, 2.05) is 4.90 Å². The van der Waals surface area contributed by atoms with Crippen LogP contribution in [0.25, 0.3) is 0 Å². The van der Waals surface area contributed by atoms with Crippen LogP contribution in [-0.4, -0.2) is 61.6 Å². The average molecular weight is 250 g/mol. The van der Waals surface area contributed by atoms with Gasteiger partial charge in [0.25, 0.3) is 0 Å². The second-order valence-electron chi connectivity index (χ2n) is 4.19. The summed E-state index contributed by atoms with van der Waals surface area (Å²) in [5.41, 5.74) is 0. The van der Waals surface area contributed by atoms with E-state index in [1.165, 1.54) is 7.11 Å². The number of esters is 1. The monoisotopic (exact) mass is 250 g/mol. The van der Waals surface area contributed by atoms with Gasteiger partial charge in [-0.1, -0.05) is 0 Å². The number of methoxy groups -OCH3 is 1. The van der Waals surface area contributed by atoms with E-state index in [0.717, 1.165) is 13.1 Å². The molecule has 1 aliphatic rings. The van der Waals surface area contributed by atoms with E-state index >= 15 is 0 Å². The minimum atomic E-state index is -0.323. The highest BCUT2D eigenvalue weighted by molar-refractivity contribution is 5.76. The van der Waals surface area contributed by atoms with Gasteiger partial charge in [0.15, 0.2) is 0 Å². The summed E-state index contributed by atoms with van der Waals surface area (Å²) in [6.07, 6.45) is 0.873. The lowest BCUT2D eigenvalue weighted by Crippen LogP contribution is -2.56. The summed E-state index contributed by atoms with van der Waals surface area (Å²) < 4.78 is 4.80. The summed E-state index contributed by atoms with van der Waals surface area (Å²) in [5.74, 6) is -0.269. The zero-order valence-corrected chi connectivity index (χ0v) is 10.6. The molecule has 0 N–H and O–H groups in total. The lowest BCUT2D eigenvalue weighted by Gasteiger charge is -2.39. The van der Waals surface area contributed by atoms with Crippen LogP contribution in [0.5, 0.6) is 0 Å². The first kappa shape index (κ1) is 14.4. The molecular weight excluding hydrogens is 232 g/mol. The molecule has 1 saturated heterocycles. The molecule has 1 unspecified atom stereocenters. The van der Waals surface area contributed by atoms with Gasteiger partial charge in [-0.15, -0.1) is 0 Å². The summed E-state index contributed by atoms with van der Waals surface area (Å²) in [6, 6.07) is 3.87. The molecule has 98 valence electrons. The van der Waals surface area contributed by atoms with E-state index in [-0.39, 0.29) is 12.0 Å². The number of ether oxygens (including phenoxy) is 1. The van der Waals surface area contributed by atoms with Gasteiger partial charge >= 0.3 is 5.97 Å². The Labute approximate surface area is 107 Å². The number of nitriles is 2. The van der Waals surface area contributed by atoms with Gasteiger partial charge in [0.1, 0.15) is 6.04 Å². The second-order valence-corrected chi connectivity index (χ2v) is 4.19. The predicted octanol–water partition coefficient (Wildman–Crippen LogP) is -0.0270. The van der Waals surface area contributed by atoms with Gasteiger partial charge in [-0.25, -0.2) is 0 Å². The highest BCUT2D eigenvalue weighted by Crippen LogP contribution is 2.12. The van der Waals surface area contributed by atoms with Crippen molar-refractivity contribution in [2.24, 2.45) is 0 Å².